The summed E-state index contributed by atoms with van der Waals surface area (Å²) >= 11 is 0. The largest absolute Gasteiger partial charge is 0.493 e. The van der Waals surface area contributed by atoms with Gasteiger partial charge in [0, 0.05) is 12.5 Å². The summed E-state index contributed by atoms with van der Waals surface area (Å²) < 4.78 is 23.2. The van der Waals surface area contributed by atoms with Crippen LogP contribution in [0.15, 0.2) is 18.2 Å². The van der Waals surface area contributed by atoms with Crippen LogP contribution >= 0.6 is 0 Å². The molecule has 1 aromatic carbocycles. The Morgan fingerprint density at radius 3 is 3.06 bits per heavy atom. The molecule has 1 aliphatic heterocycles. The van der Waals surface area contributed by atoms with Crippen LogP contribution < -0.4 is 4.74 Å². The number of carbonyl (C=O) groups is 2. The summed E-state index contributed by atoms with van der Waals surface area (Å²) in [4.78, 5) is 23.8. The molecule has 1 aromatic rings. The zero-order chi connectivity index (χ0) is 13.1. The lowest BCUT2D eigenvalue weighted by Crippen LogP contribution is -2.26. The maximum absolute atomic E-state index is 13.0. The predicted octanol–water partition coefficient (Wildman–Crippen LogP) is 1.97. The maximum Gasteiger partial charge on any atom is 0.316 e. The Balaban J connectivity index is 2.32. The van der Waals surface area contributed by atoms with Crippen molar-refractivity contribution >= 4 is 11.8 Å². The Kier molecular flexibility index (Phi) is 3.60. The van der Waals surface area contributed by atoms with Crippen molar-refractivity contribution in [3.8, 4) is 5.75 Å². The van der Waals surface area contributed by atoms with Gasteiger partial charge in [-0.2, -0.15) is 0 Å². The molecular formula is C13H13FO4. The molecule has 1 unspecified atom stereocenters. The molecule has 1 aliphatic rings. The van der Waals surface area contributed by atoms with Gasteiger partial charge in [-0.1, -0.05) is 0 Å². The molecule has 0 amide bonds. The number of fused-ring (bicyclic) bond motifs is 1. The first-order valence-electron chi connectivity index (χ1n) is 5.76. The summed E-state index contributed by atoms with van der Waals surface area (Å²) in [5.41, 5.74) is 0.229. The van der Waals surface area contributed by atoms with E-state index in [1.807, 2.05) is 0 Å². The predicted molar refractivity (Wildman–Crippen MR) is 61.0 cm³/mol. The standard InChI is InChI=1S/C13H13FO4/c1-2-17-13(16)10-5-6-18-11-7-8(14)3-4-9(11)12(10)15/h3-4,7,10H,2,5-6H2,1H3. The minimum atomic E-state index is -0.864. The third-order valence-corrected chi connectivity index (χ3v) is 2.76. The second-order valence-electron chi connectivity index (χ2n) is 3.95. The van der Waals surface area contributed by atoms with Gasteiger partial charge in [-0.05, 0) is 19.1 Å². The highest BCUT2D eigenvalue weighted by molar-refractivity contribution is 6.10. The highest BCUT2D eigenvalue weighted by Gasteiger charge is 2.33. The maximum atomic E-state index is 13.0. The normalized spacial score (nSPS) is 18.6. The first-order valence-corrected chi connectivity index (χ1v) is 5.76. The van der Waals surface area contributed by atoms with Crippen LogP contribution in [0.4, 0.5) is 4.39 Å². The van der Waals surface area contributed by atoms with Gasteiger partial charge in [-0.15, -0.1) is 0 Å². The van der Waals surface area contributed by atoms with E-state index in [1.165, 1.54) is 12.1 Å². The summed E-state index contributed by atoms with van der Waals surface area (Å²) in [7, 11) is 0. The second-order valence-corrected chi connectivity index (χ2v) is 3.95. The minimum absolute atomic E-state index is 0.186. The van der Waals surface area contributed by atoms with Gasteiger partial charge >= 0.3 is 5.97 Å². The minimum Gasteiger partial charge on any atom is -0.493 e. The van der Waals surface area contributed by atoms with Gasteiger partial charge in [0.05, 0.1) is 18.8 Å². The topological polar surface area (TPSA) is 52.6 Å². The molecule has 4 nitrogen and oxygen atoms in total. The molecule has 1 atom stereocenters. The summed E-state index contributed by atoms with van der Waals surface area (Å²) in [6, 6.07) is 3.67. The number of Topliss-reactive ketones (excluding diaryl/α,β-unsaturated/α-hetero) is 1. The molecule has 96 valence electrons. The Morgan fingerprint density at radius 2 is 2.33 bits per heavy atom. The van der Waals surface area contributed by atoms with Crippen molar-refractivity contribution in [2.24, 2.45) is 5.92 Å². The van der Waals surface area contributed by atoms with E-state index in [4.69, 9.17) is 9.47 Å². The van der Waals surface area contributed by atoms with Gasteiger partial charge in [-0.3, -0.25) is 9.59 Å². The number of rotatable bonds is 2. The SMILES string of the molecule is CCOC(=O)C1CCOc2cc(F)ccc2C1=O. The summed E-state index contributed by atoms with van der Waals surface area (Å²) in [5, 5.41) is 0. The summed E-state index contributed by atoms with van der Waals surface area (Å²) in [6.07, 6.45) is 0.244. The third kappa shape index (κ3) is 2.34. The Morgan fingerprint density at radius 1 is 1.56 bits per heavy atom. The fraction of sp³-hybridized carbons (Fsp3) is 0.385. The number of carbonyl (C=O) groups excluding carboxylic acids is 2. The molecule has 0 saturated heterocycles. The fourth-order valence-corrected chi connectivity index (χ4v) is 1.89. The van der Waals surface area contributed by atoms with Crippen molar-refractivity contribution in [3.05, 3.63) is 29.6 Å². The number of halogens is 1. The van der Waals surface area contributed by atoms with Crippen molar-refractivity contribution in [2.75, 3.05) is 13.2 Å². The Hall–Kier alpha value is -1.91. The van der Waals surface area contributed by atoms with Crippen LogP contribution in [0.25, 0.3) is 0 Å². The first-order chi connectivity index (χ1) is 8.63. The average Bonchev–Trinajstić information content (AvgIpc) is 2.49. The van der Waals surface area contributed by atoms with E-state index in [2.05, 4.69) is 0 Å². The van der Waals surface area contributed by atoms with Crippen molar-refractivity contribution in [3.63, 3.8) is 0 Å². The number of ether oxygens (including phenoxy) is 2. The van der Waals surface area contributed by atoms with Crippen LogP contribution in [0.3, 0.4) is 0 Å². The molecular weight excluding hydrogens is 239 g/mol. The molecule has 1 heterocycles. The number of ketones is 1. The van der Waals surface area contributed by atoms with Gasteiger partial charge in [0.15, 0.2) is 5.78 Å². The van der Waals surface area contributed by atoms with Crippen molar-refractivity contribution < 1.29 is 23.5 Å². The molecule has 0 aliphatic carbocycles. The van der Waals surface area contributed by atoms with Crippen molar-refractivity contribution in [2.45, 2.75) is 13.3 Å². The zero-order valence-electron chi connectivity index (χ0n) is 9.94. The van der Waals surface area contributed by atoms with Gasteiger partial charge in [0.25, 0.3) is 0 Å². The van der Waals surface area contributed by atoms with Crippen LogP contribution in [0.5, 0.6) is 5.75 Å². The molecule has 0 bridgehead atoms. The molecule has 0 spiro atoms. The average molecular weight is 252 g/mol. The Bertz CT molecular complexity index is 484. The molecule has 5 heteroatoms. The van der Waals surface area contributed by atoms with E-state index < -0.39 is 17.7 Å². The lowest BCUT2D eigenvalue weighted by molar-refractivity contribution is -0.146. The van der Waals surface area contributed by atoms with E-state index >= 15 is 0 Å². The lowest BCUT2D eigenvalue weighted by Gasteiger charge is -2.10. The van der Waals surface area contributed by atoms with Crippen LogP contribution in [0.2, 0.25) is 0 Å². The van der Waals surface area contributed by atoms with E-state index in [0.717, 1.165) is 6.07 Å². The van der Waals surface area contributed by atoms with Crippen LogP contribution in [0, 0.1) is 11.7 Å². The van der Waals surface area contributed by atoms with E-state index in [-0.39, 0.29) is 36.7 Å². The van der Waals surface area contributed by atoms with E-state index in [9.17, 15) is 14.0 Å². The molecule has 2 rings (SSSR count). The lowest BCUT2D eigenvalue weighted by atomic mass is 9.95. The quantitative estimate of drug-likeness (QED) is 0.596. The third-order valence-electron chi connectivity index (χ3n) is 2.76. The smallest absolute Gasteiger partial charge is 0.316 e. The van der Waals surface area contributed by atoms with E-state index in [1.54, 1.807) is 6.92 Å². The number of esters is 1. The summed E-state index contributed by atoms with van der Waals surface area (Å²) in [6.45, 7) is 2.09. The monoisotopic (exact) mass is 252 g/mol. The zero-order valence-corrected chi connectivity index (χ0v) is 9.94. The highest BCUT2D eigenvalue weighted by atomic mass is 19.1. The van der Waals surface area contributed by atoms with Crippen molar-refractivity contribution in [1.82, 2.24) is 0 Å². The first kappa shape index (κ1) is 12.5. The van der Waals surface area contributed by atoms with Gasteiger partial charge < -0.3 is 9.47 Å². The van der Waals surface area contributed by atoms with Gasteiger partial charge in [-0.25, -0.2) is 4.39 Å². The van der Waals surface area contributed by atoms with Crippen LogP contribution in [-0.2, 0) is 9.53 Å². The second kappa shape index (κ2) is 5.16. The number of hydrogen-bond acceptors (Lipinski definition) is 4. The van der Waals surface area contributed by atoms with Crippen LogP contribution in [0.1, 0.15) is 23.7 Å². The molecule has 0 saturated carbocycles. The van der Waals surface area contributed by atoms with Crippen LogP contribution in [-0.4, -0.2) is 25.0 Å². The number of hydrogen-bond donors (Lipinski definition) is 0. The molecule has 0 N–H and O–H groups in total. The Labute approximate surface area is 104 Å². The highest BCUT2D eigenvalue weighted by Crippen LogP contribution is 2.28. The molecule has 18 heavy (non-hydrogen) atoms. The summed E-state index contributed by atoms with van der Waals surface area (Å²) in [5.74, 6) is -2.08. The molecule has 0 radical (unpaired) electrons. The molecule has 0 aromatic heterocycles. The van der Waals surface area contributed by atoms with Crippen molar-refractivity contribution in [1.29, 1.82) is 0 Å². The molecule has 0 fully saturated rings. The van der Waals surface area contributed by atoms with Gasteiger partial charge in [0.1, 0.15) is 17.5 Å². The number of benzene rings is 1. The fourth-order valence-electron chi connectivity index (χ4n) is 1.89. The van der Waals surface area contributed by atoms with E-state index in [0.29, 0.717) is 0 Å². The van der Waals surface area contributed by atoms with Gasteiger partial charge in [0.2, 0.25) is 0 Å².